The third-order valence-electron chi connectivity index (χ3n) is 5.20. The van der Waals surface area contributed by atoms with Crippen LogP contribution in [0, 0.1) is 33.1 Å². The number of rotatable bonds is 4. The van der Waals surface area contributed by atoms with Gasteiger partial charge in [-0.05, 0) is 55.2 Å². The Bertz CT molecular complexity index is 1140. The maximum absolute atomic E-state index is 12.0. The molecule has 0 aliphatic rings. The zero-order chi connectivity index (χ0) is 24.9. The molecule has 0 aliphatic carbocycles. The fraction of sp³-hybridized carbons (Fsp3) is 0.152. The van der Waals surface area contributed by atoms with E-state index in [4.69, 9.17) is 6.42 Å². The first-order valence-corrected chi connectivity index (χ1v) is 11.6. The van der Waals surface area contributed by atoms with Gasteiger partial charge in [-0.2, -0.15) is 0 Å². The van der Waals surface area contributed by atoms with E-state index < -0.39 is 0 Å². The summed E-state index contributed by atoms with van der Waals surface area (Å²) in [5, 5.41) is 0. The molecule has 1 heteroatoms. The van der Waals surface area contributed by atoms with Crippen LogP contribution in [0.2, 0.25) is 0 Å². The number of ketones is 1. The molecule has 34 heavy (non-hydrogen) atoms. The lowest BCUT2D eigenvalue weighted by molar-refractivity contribution is 0.0993. The van der Waals surface area contributed by atoms with Gasteiger partial charge in [-0.25, -0.2) is 0 Å². The lowest BCUT2D eigenvalue weighted by atomic mass is 10.0. The van der Waals surface area contributed by atoms with Gasteiger partial charge < -0.3 is 0 Å². The number of carbonyl (C=O) groups excluding carboxylic acids is 1. The fourth-order valence-electron chi connectivity index (χ4n) is 3.19. The summed E-state index contributed by atoms with van der Waals surface area (Å²) in [5.74, 6) is 2.65. The van der Waals surface area contributed by atoms with Gasteiger partial charge in [0.2, 0.25) is 0 Å². The van der Waals surface area contributed by atoms with Gasteiger partial charge in [-0.15, -0.1) is 6.42 Å². The van der Waals surface area contributed by atoms with E-state index in [2.05, 4.69) is 56.2 Å². The average molecular weight is 446 g/mol. The number of hydrogen-bond acceptors (Lipinski definition) is 1. The minimum absolute atomic E-state index is 0.113. The minimum atomic E-state index is 0.113. The van der Waals surface area contributed by atoms with Crippen LogP contribution in [0.3, 0.4) is 0 Å². The smallest absolute Gasteiger partial charge is 0.167 e. The Morgan fingerprint density at radius 2 is 1.15 bits per heavy atom. The first kappa shape index (κ1) is 26.4. The summed E-state index contributed by atoms with van der Waals surface area (Å²) < 4.78 is 0. The first-order valence-electron chi connectivity index (χ1n) is 11.6. The summed E-state index contributed by atoms with van der Waals surface area (Å²) in [6.45, 7) is 12.0. The van der Waals surface area contributed by atoms with E-state index in [0.717, 1.165) is 16.7 Å². The van der Waals surface area contributed by atoms with E-state index in [0.29, 0.717) is 12.0 Å². The van der Waals surface area contributed by atoms with Crippen LogP contribution in [0.25, 0.3) is 11.1 Å². The van der Waals surface area contributed by atoms with E-state index in [1.54, 1.807) is 24.3 Å². The zero-order valence-electron chi connectivity index (χ0n) is 20.6. The molecule has 0 atom stereocenters. The summed E-state index contributed by atoms with van der Waals surface area (Å²) >= 11 is 0. The van der Waals surface area contributed by atoms with Gasteiger partial charge in [0, 0.05) is 17.5 Å². The zero-order valence-corrected chi connectivity index (χ0v) is 20.6. The highest BCUT2D eigenvalue weighted by molar-refractivity contribution is 5.97. The molecule has 4 aromatic carbocycles. The summed E-state index contributed by atoms with van der Waals surface area (Å²) in [7, 11) is 0. The van der Waals surface area contributed by atoms with E-state index >= 15 is 0 Å². The lowest BCUT2D eigenvalue weighted by Crippen LogP contribution is -2.03. The van der Waals surface area contributed by atoms with E-state index in [9.17, 15) is 4.79 Å². The van der Waals surface area contributed by atoms with Crippen molar-refractivity contribution in [1.29, 1.82) is 0 Å². The molecule has 171 valence electrons. The maximum atomic E-state index is 12.0. The van der Waals surface area contributed by atoms with Gasteiger partial charge in [-0.3, -0.25) is 4.79 Å². The second-order valence-corrected chi connectivity index (χ2v) is 7.87. The molecule has 0 saturated heterocycles. The fourth-order valence-corrected chi connectivity index (χ4v) is 3.19. The number of hydrogen-bond donors (Lipinski definition) is 0. The Labute approximate surface area is 205 Å². The van der Waals surface area contributed by atoms with Crippen LogP contribution in [0.1, 0.15) is 52.0 Å². The van der Waals surface area contributed by atoms with Gasteiger partial charge >= 0.3 is 0 Å². The summed E-state index contributed by atoms with van der Waals surface area (Å²) in [4.78, 5) is 12.0. The van der Waals surface area contributed by atoms with Crippen LogP contribution in [-0.4, -0.2) is 5.78 Å². The quantitative estimate of drug-likeness (QED) is 0.228. The van der Waals surface area contributed by atoms with Crippen molar-refractivity contribution < 1.29 is 4.79 Å². The van der Waals surface area contributed by atoms with Crippen molar-refractivity contribution in [3.05, 3.63) is 137 Å². The average Bonchev–Trinajstić information content (AvgIpc) is 2.88. The molecule has 0 bridgehead atoms. The van der Waals surface area contributed by atoms with Crippen LogP contribution in [0.4, 0.5) is 0 Å². The van der Waals surface area contributed by atoms with Crippen molar-refractivity contribution in [2.45, 2.75) is 34.1 Å². The van der Waals surface area contributed by atoms with Gasteiger partial charge in [-0.1, -0.05) is 116 Å². The molecule has 1 nitrogen and oxygen atoms in total. The number of carbonyl (C=O) groups is 1. The molecule has 4 aromatic rings. The Balaban J connectivity index is 0.000000230. The molecule has 0 amide bonds. The van der Waals surface area contributed by atoms with Crippen molar-refractivity contribution in [3.8, 4) is 23.5 Å². The van der Waals surface area contributed by atoms with Crippen molar-refractivity contribution >= 4 is 5.78 Å². The Hall–Kier alpha value is -3.89. The minimum Gasteiger partial charge on any atom is -0.294 e. The number of aryl methyl sites for hydroxylation is 2. The van der Waals surface area contributed by atoms with Crippen LogP contribution in [0.5, 0.6) is 0 Å². The topological polar surface area (TPSA) is 17.1 Å². The highest BCUT2D eigenvalue weighted by Crippen LogP contribution is 2.19. The SMILES string of the molecule is C#Cc1ccc(C(=O)Cc2ccc(C)cc2)cc1.CC.[CH2]c1ccc(-c2ccc(C)cc2)cc1. The highest BCUT2D eigenvalue weighted by atomic mass is 16.1. The Kier molecular flexibility index (Phi) is 10.6. The van der Waals surface area contributed by atoms with Gasteiger partial charge in [0.1, 0.15) is 0 Å². The van der Waals surface area contributed by atoms with Crippen molar-refractivity contribution in [2.24, 2.45) is 0 Å². The summed E-state index contributed by atoms with van der Waals surface area (Å²) in [5.41, 5.74) is 8.59. The van der Waals surface area contributed by atoms with E-state index in [1.807, 2.05) is 57.2 Å². The second kappa shape index (κ2) is 13.6. The Morgan fingerprint density at radius 3 is 1.62 bits per heavy atom. The van der Waals surface area contributed by atoms with Gasteiger partial charge in [0.05, 0.1) is 0 Å². The highest BCUT2D eigenvalue weighted by Gasteiger charge is 2.06. The van der Waals surface area contributed by atoms with Crippen LogP contribution < -0.4 is 0 Å². The molecule has 0 aliphatic heterocycles. The lowest BCUT2D eigenvalue weighted by Gasteiger charge is -2.02. The van der Waals surface area contributed by atoms with Crippen molar-refractivity contribution in [2.75, 3.05) is 0 Å². The number of benzene rings is 4. The van der Waals surface area contributed by atoms with Crippen molar-refractivity contribution in [1.82, 2.24) is 0 Å². The Morgan fingerprint density at radius 1 is 0.706 bits per heavy atom. The third-order valence-corrected chi connectivity index (χ3v) is 5.20. The van der Waals surface area contributed by atoms with Crippen LogP contribution in [-0.2, 0) is 6.42 Å². The van der Waals surface area contributed by atoms with E-state index in [1.165, 1.54) is 22.3 Å². The molecule has 4 rings (SSSR count). The molecule has 0 unspecified atom stereocenters. The molecule has 0 spiro atoms. The second-order valence-electron chi connectivity index (χ2n) is 7.87. The van der Waals surface area contributed by atoms with Crippen LogP contribution >= 0.6 is 0 Å². The predicted octanol–water partition coefficient (Wildman–Crippen LogP) is 8.27. The predicted molar refractivity (Wildman–Crippen MR) is 146 cm³/mol. The molecule has 0 aromatic heterocycles. The first-order chi connectivity index (χ1) is 16.4. The molecule has 0 N–H and O–H groups in total. The number of terminal acetylenes is 1. The summed E-state index contributed by atoms with van der Waals surface area (Å²) in [6, 6.07) is 32.0. The van der Waals surface area contributed by atoms with Crippen LogP contribution in [0.15, 0.2) is 97.1 Å². The molecular formula is C33H33O. The normalized spacial score (nSPS) is 9.53. The van der Waals surface area contributed by atoms with E-state index in [-0.39, 0.29) is 5.78 Å². The van der Waals surface area contributed by atoms with Gasteiger partial charge in [0.15, 0.2) is 5.78 Å². The standard InChI is InChI=1S/C17H14O.C14H13.C2H6/c1-3-14-8-10-16(11-9-14)17(18)12-15-6-4-13(2)5-7-15;1-11-3-7-13(8-4-11)14-9-5-12(2)6-10-14;1-2/h1,4-11H,12H2,2H3;3-10H,1H2,2H3;1-2H3. The molecule has 0 fully saturated rings. The molecule has 0 saturated carbocycles. The molecule has 0 heterocycles. The third kappa shape index (κ3) is 8.23. The van der Waals surface area contributed by atoms with Gasteiger partial charge in [0.25, 0.3) is 0 Å². The summed E-state index contributed by atoms with van der Waals surface area (Å²) in [6.07, 6.45) is 5.71. The largest absolute Gasteiger partial charge is 0.294 e. The monoisotopic (exact) mass is 445 g/mol. The number of Topliss-reactive ketones (excluding diaryl/α,β-unsaturated/α-hetero) is 1. The maximum Gasteiger partial charge on any atom is 0.167 e. The molecular weight excluding hydrogens is 412 g/mol. The van der Waals surface area contributed by atoms with Crippen molar-refractivity contribution in [3.63, 3.8) is 0 Å². The molecule has 1 radical (unpaired) electrons.